The van der Waals surface area contributed by atoms with Crippen LogP contribution in [0.15, 0.2) is 6.07 Å². The van der Waals surface area contributed by atoms with Crippen LogP contribution in [0.25, 0.3) is 0 Å². The maximum absolute atomic E-state index is 4.52. The average Bonchev–Trinajstić information content (AvgIpc) is 2.77. The summed E-state index contributed by atoms with van der Waals surface area (Å²) in [5.74, 6) is 2.52. The summed E-state index contributed by atoms with van der Waals surface area (Å²) in [6, 6.07) is 2.12. The number of rotatable bonds is 5. The van der Waals surface area contributed by atoms with E-state index in [4.69, 9.17) is 0 Å². The molecule has 0 spiro atoms. The van der Waals surface area contributed by atoms with E-state index in [-0.39, 0.29) is 6.04 Å². The predicted molar refractivity (Wildman–Crippen MR) is 84.6 cm³/mol. The zero-order valence-electron chi connectivity index (χ0n) is 12.6. The minimum absolute atomic E-state index is 0.186. The zero-order valence-corrected chi connectivity index (χ0v) is 13.4. The van der Waals surface area contributed by atoms with Crippen LogP contribution in [0.2, 0.25) is 0 Å². The number of thiazole rings is 1. The van der Waals surface area contributed by atoms with Gasteiger partial charge in [0.05, 0.1) is 16.7 Å². The first kappa shape index (κ1) is 14.7. The summed E-state index contributed by atoms with van der Waals surface area (Å²) in [6.07, 6.45) is 0.817. The molecule has 0 radical (unpaired) electrons. The Kier molecular flexibility index (Phi) is 4.54. The molecule has 20 heavy (non-hydrogen) atoms. The highest BCUT2D eigenvalue weighted by molar-refractivity contribution is 7.11. The smallest absolute Gasteiger partial charge is 0.132 e. The molecule has 1 unspecified atom stereocenters. The molecule has 108 valence electrons. The number of nitrogens with zero attached hydrogens (tertiary/aromatic N) is 3. The number of hydrogen-bond donors (Lipinski definition) is 2. The van der Waals surface area contributed by atoms with E-state index in [1.165, 1.54) is 4.88 Å². The van der Waals surface area contributed by atoms with Gasteiger partial charge in [0.1, 0.15) is 17.5 Å². The van der Waals surface area contributed by atoms with Crippen LogP contribution in [0.1, 0.15) is 41.3 Å². The molecule has 0 aliphatic rings. The van der Waals surface area contributed by atoms with E-state index in [0.29, 0.717) is 0 Å². The summed E-state index contributed by atoms with van der Waals surface area (Å²) in [6.45, 7) is 8.27. The largest absolute Gasteiger partial charge is 0.373 e. The number of aryl methyl sites for hydroxylation is 3. The van der Waals surface area contributed by atoms with E-state index in [9.17, 15) is 0 Å². The Morgan fingerprint density at radius 1 is 1.20 bits per heavy atom. The maximum Gasteiger partial charge on any atom is 0.132 e. The van der Waals surface area contributed by atoms with Crippen molar-refractivity contribution in [2.45, 2.75) is 40.2 Å². The number of nitrogens with one attached hydrogen (secondary N) is 2. The van der Waals surface area contributed by atoms with Gasteiger partial charge in [-0.25, -0.2) is 15.0 Å². The molecule has 0 aliphatic heterocycles. The van der Waals surface area contributed by atoms with Crippen molar-refractivity contribution in [3.05, 3.63) is 27.5 Å². The molecule has 5 nitrogen and oxygen atoms in total. The van der Waals surface area contributed by atoms with Gasteiger partial charge in [-0.3, -0.25) is 0 Å². The fourth-order valence-corrected chi connectivity index (χ4v) is 3.02. The van der Waals surface area contributed by atoms with Crippen LogP contribution in [0.4, 0.5) is 11.6 Å². The van der Waals surface area contributed by atoms with Gasteiger partial charge in [0.25, 0.3) is 0 Å². The first-order chi connectivity index (χ1) is 9.53. The maximum atomic E-state index is 4.52. The molecule has 1 atom stereocenters. The van der Waals surface area contributed by atoms with Gasteiger partial charge in [0, 0.05) is 24.4 Å². The van der Waals surface area contributed by atoms with Gasteiger partial charge in [-0.15, -0.1) is 11.3 Å². The van der Waals surface area contributed by atoms with Gasteiger partial charge in [-0.1, -0.05) is 6.92 Å². The Morgan fingerprint density at radius 2 is 1.90 bits per heavy atom. The van der Waals surface area contributed by atoms with Crippen molar-refractivity contribution < 1.29 is 0 Å². The molecular weight excluding hydrogens is 270 g/mol. The quantitative estimate of drug-likeness (QED) is 0.884. The molecule has 0 bridgehead atoms. The Labute approximate surface area is 123 Å². The minimum atomic E-state index is 0.186. The van der Waals surface area contributed by atoms with Crippen molar-refractivity contribution in [1.82, 2.24) is 15.0 Å². The van der Waals surface area contributed by atoms with Crippen LogP contribution in [0, 0.1) is 13.8 Å². The molecular formula is C14H21N5S. The zero-order chi connectivity index (χ0) is 14.7. The molecule has 2 aromatic heterocycles. The third kappa shape index (κ3) is 3.25. The SMILES string of the molecule is CCc1nc(NC)cc(NC(C)c2sc(C)nc2C)n1. The Balaban J connectivity index is 2.22. The highest BCUT2D eigenvalue weighted by Crippen LogP contribution is 2.27. The topological polar surface area (TPSA) is 62.7 Å². The van der Waals surface area contributed by atoms with Gasteiger partial charge in [-0.05, 0) is 20.8 Å². The molecule has 2 heterocycles. The fraction of sp³-hybridized carbons (Fsp3) is 0.500. The fourth-order valence-electron chi connectivity index (χ4n) is 2.09. The van der Waals surface area contributed by atoms with Crippen LogP contribution < -0.4 is 10.6 Å². The number of aromatic nitrogens is 3. The van der Waals surface area contributed by atoms with E-state index in [1.54, 1.807) is 11.3 Å². The van der Waals surface area contributed by atoms with Crippen LogP contribution in [-0.4, -0.2) is 22.0 Å². The lowest BCUT2D eigenvalue weighted by Gasteiger charge is -2.15. The second-order valence-electron chi connectivity index (χ2n) is 4.71. The highest BCUT2D eigenvalue weighted by atomic mass is 32.1. The van der Waals surface area contributed by atoms with E-state index >= 15 is 0 Å². The molecule has 2 aromatic rings. The lowest BCUT2D eigenvalue weighted by molar-refractivity contribution is 0.862. The number of hydrogen-bond acceptors (Lipinski definition) is 6. The van der Waals surface area contributed by atoms with Gasteiger partial charge in [0.15, 0.2) is 0 Å². The van der Waals surface area contributed by atoms with Crippen molar-refractivity contribution in [2.24, 2.45) is 0 Å². The second kappa shape index (κ2) is 6.17. The lowest BCUT2D eigenvalue weighted by atomic mass is 10.2. The van der Waals surface area contributed by atoms with Gasteiger partial charge >= 0.3 is 0 Å². The first-order valence-corrected chi connectivity index (χ1v) is 7.61. The summed E-state index contributed by atoms with van der Waals surface area (Å²) in [4.78, 5) is 14.7. The normalized spacial score (nSPS) is 12.2. The Hall–Kier alpha value is -1.69. The molecule has 0 aliphatic carbocycles. The standard InChI is InChI=1S/C14H21N5S/c1-6-11-18-12(15-5)7-13(19-11)17-9(3)14-8(2)16-10(4)20-14/h7,9H,6H2,1-5H3,(H2,15,17,18,19). The van der Waals surface area contributed by atoms with Crippen LogP contribution in [0.5, 0.6) is 0 Å². The van der Waals surface area contributed by atoms with E-state index in [0.717, 1.165) is 34.6 Å². The first-order valence-electron chi connectivity index (χ1n) is 6.79. The average molecular weight is 291 g/mol. The van der Waals surface area contributed by atoms with E-state index < -0.39 is 0 Å². The summed E-state index contributed by atoms with van der Waals surface area (Å²) in [7, 11) is 1.87. The van der Waals surface area contributed by atoms with Crippen molar-refractivity contribution in [3.8, 4) is 0 Å². The van der Waals surface area contributed by atoms with Gasteiger partial charge < -0.3 is 10.6 Å². The number of anilines is 2. The lowest BCUT2D eigenvalue weighted by Crippen LogP contribution is -2.10. The van der Waals surface area contributed by atoms with Gasteiger partial charge in [-0.2, -0.15) is 0 Å². The summed E-state index contributed by atoms with van der Waals surface area (Å²) in [5.41, 5.74) is 1.09. The van der Waals surface area contributed by atoms with Crippen molar-refractivity contribution >= 4 is 23.0 Å². The van der Waals surface area contributed by atoms with Crippen molar-refractivity contribution in [3.63, 3.8) is 0 Å². The molecule has 2 N–H and O–H groups in total. The predicted octanol–water partition coefficient (Wildman–Crippen LogP) is 3.33. The van der Waals surface area contributed by atoms with Crippen molar-refractivity contribution in [1.29, 1.82) is 0 Å². The molecule has 0 saturated carbocycles. The summed E-state index contributed by atoms with van der Waals surface area (Å²) in [5, 5.41) is 7.61. The summed E-state index contributed by atoms with van der Waals surface area (Å²) < 4.78 is 0. The molecule has 2 rings (SSSR count). The molecule has 6 heteroatoms. The van der Waals surface area contributed by atoms with E-state index in [2.05, 4.69) is 39.4 Å². The monoisotopic (exact) mass is 291 g/mol. The molecule has 0 fully saturated rings. The molecule has 0 aromatic carbocycles. The third-order valence-electron chi connectivity index (χ3n) is 3.04. The van der Waals surface area contributed by atoms with Crippen molar-refractivity contribution in [2.75, 3.05) is 17.7 Å². The molecule has 0 amide bonds. The van der Waals surface area contributed by atoms with E-state index in [1.807, 2.05) is 27.0 Å². The Morgan fingerprint density at radius 3 is 2.45 bits per heavy atom. The second-order valence-corrected chi connectivity index (χ2v) is 5.94. The third-order valence-corrected chi connectivity index (χ3v) is 4.30. The van der Waals surface area contributed by atoms with Crippen LogP contribution in [0.3, 0.4) is 0 Å². The van der Waals surface area contributed by atoms with Crippen LogP contribution >= 0.6 is 11.3 Å². The molecule has 0 saturated heterocycles. The minimum Gasteiger partial charge on any atom is -0.373 e. The van der Waals surface area contributed by atoms with Crippen LogP contribution in [-0.2, 0) is 6.42 Å². The Bertz CT molecular complexity index is 571. The van der Waals surface area contributed by atoms with Gasteiger partial charge in [0.2, 0.25) is 0 Å². The summed E-state index contributed by atoms with van der Waals surface area (Å²) >= 11 is 1.73. The highest BCUT2D eigenvalue weighted by Gasteiger charge is 2.14.